The van der Waals surface area contributed by atoms with E-state index in [1.165, 1.54) is 26.0 Å². The maximum Gasteiger partial charge on any atom is 0.338 e. The van der Waals surface area contributed by atoms with E-state index in [2.05, 4.69) is 0 Å². The zero-order chi connectivity index (χ0) is 38.7. The van der Waals surface area contributed by atoms with Crippen LogP contribution in [0.1, 0.15) is 70.3 Å². The van der Waals surface area contributed by atoms with E-state index in [1.807, 2.05) is 0 Å². The second kappa shape index (κ2) is 13.8. The van der Waals surface area contributed by atoms with Gasteiger partial charge in [-0.15, -0.1) is 0 Å². The summed E-state index contributed by atoms with van der Waals surface area (Å²) in [5, 5.41) is 36.3. The Morgan fingerprint density at radius 3 is 2.11 bits per heavy atom. The fourth-order valence-corrected chi connectivity index (χ4v) is 9.16. The van der Waals surface area contributed by atoms with Crippen LogP contribution < -0.4 is 0 Å². The SMILES string of the molecule is CC(=O)O[C@H]1C(=O)[C@@]2(C)[C@H]([C@H](OC(=O)c3ccccc3)[C@]3(O)C[C@H](OC(=O)C(O)Cc4ccccc4)C(C)=C1C3(C)C)[C@]1(OC(C)=O)CO[C@@H]1C[C@@H]2O. The molecule has 10 atom stereocenters. The standard InChI is InChI=1S/C40H46O13/c1-21-27(51-36(47)26(43)17-24-13-9-7-10-14-24)19-40(48)34(52-35(46)25-15-11-8-12-16-25)32-38(6,28(44)18-29-39(32,20-49-29)53-23(3)42)33(45)31(50-22(2)41)30(21)37(40,4)5/h7-16,26-29,31-32,34,43-44,48H,17-20H2,1-6H3/t26?,27-,28-,29+,31+,32-,34-,38+,39-,40+/m0/s1. The Labute approximate surface area is 307 Å². The number of benzene rings is 2. The molecule has 2 bridgehead atoms. The molecular formula is C40H46O13. The van der Waals surface area contributed by atoms with Crippen LogP contribution in [0.4, 0.5) is 0 Å². The van der Waals surface area contributed by atoms with Crippen LogP contribution in [0, 0.1) is 16.7 Å². The lowest BCUT2D eigenvalue weighted by molar-refractivity contribution is -0.346. The van der Waals surface area contributed by atoms with Crippen LogP contribution in [-0.4, -0.2) is 99.4 Å². The molecule has 3 N–H and O–H groups in total. The molecule has 2 aromatic carbocycles. The summed E-state index contributed by atoms with van der Waals surface area (Å²) in [4.78, 5) is 68.5. The van der Waals surface area contributed by atoms with Crippen LogP contribution in [0.3, 0.4) is 0 Å². The maximum atomic E-state index is 15.3. The Hall–Kier alpha value is -4.43. The van der Waals surface area contributed by atoms with E-state index >= 15 is 4.79 Å². The van der Waals surface area contributed by atoms with Crippen LogP contribution in [0.15, 0.2) is 71.8 Å². The molecule has 1 aliphatic heterocycles. The van der Waals surface area contributed by atoms with Gasteiger partial charge in [0.25, 0.3) is 0 Å². The number of carbonyl (C=O) groups is 5. The van der Waals surface area contributed by atoms with Gasteiger partial charge in [-0.1, -0.05) is 62.4 Å². The summed E-state index contributed by atoms with van der Waals surface area (Å²) in [6.45, 7) is 8.20. The van der Waals surface area contributed by atoms with Gasteiger partial charge in [0.2, 0.25) is 0 Å². The number of aliphatic hydroxyl groups excluding tert-OH is 2. The van der Waals surface area contributed by atoms with Crippen molar-refractivity contribution < 1.29 is 63.0 Å². The van der Waals surface area contributed by atoms with Gasteiger partial charge in [0.05, 0.1) is 29.6 Å². The number of rotatable bonds is 8. The lowest BCUT2D eigenvalue weighted by atomic mass is 9.44. The van der Waals surface area contributed by atoms with Gasteiger partial charge in [-0.3, -0.25) is 14.4 Å². The maximum absolute atomic E-state index is 15.3. The number of esters is 4. The highest BCUT2D eigenvalue weighted by molar-refractivity contribution is 5.95. The number of carbonyl (C=O) groups excluding carboxylic acids is 5. The average Bonchev–Trinajstić information content (AvgIpc) is 3.10. The average molecular weight is 735 g/mol. The number of aliphatic hydroxyl groups is 3. The second-order valence-corrected chi connectivity index (χ2v) is 15.4. The van der Waals surface area contributed by atoms with E-state index in [-0.39, 0.29) is 36.2 Å². The van der Waals surface area contributed by atoms with E-state index in [9.17, 15) is 34.5 Å². The van der Waals surface area contributed by atoms with Crippen molar-refractivity contribution in [2.45, 2.75) is 109 Å². The molecule has 0 aromatic heterocycles. The van der Waals surface area contributed by atoms with E-state index in [0.29, 0.717) is 5.56 Å². The molecule has 1 unspecified atom stereocenters. The van der Waals surface area contributed by atoms with Gasteiger partial charge >= 0.3 is 23.9 Å². The van der Waals surface area contributed by atoms with E-state index in [4.69, 9.17) is 23.7 Å². The normalized spacial score (nSPS) is 34.8. The predicted molar refractivity (Wildman–Crippen MR) is 185 cm³/mol. The lowest BCUT2D eigenvalue weighted by Gasteiger charge is -2.67. The van der Waals surface area contributed by atoms with Crippen LogP contribution in [0.5, 0.6) is 0 Å². The molecule has 53 heavy (non-hydrogen) atoms. The molecule has 3 fully saturated rings. The molecule has 13 heteroatoms. The van der Waals surface area contributed by atoms with Crippen molar-refractivity contribution in [3.8, 4) is 0 Å². The number of Topliss-reactive ketones (excluding diaryl/α,β-unsaturated/α-hetero) is 1. The minimum Gasteiger partial charge on any atom is -0.456 e. The van der Waals surface area contributed by atoms with Crippen LogP contribution >= 0.6 is 0 Å². The molecule has 0 radical (unpaired) electrons. The Kier molecular flexibility index (Phi) is 9.95. The molecule has 1 heterocycles. The Balaban J connectivity index is 1.57. The largest absolute Gasteiger partial charge is 0.456 e. The second-order valence-electron chi connectivity index (χ2n) is 15.4. The highest BCUT2D eigenvalue weighted by Crippen LogP contribution is 2.64. The zero-order valence-corrected chi connectivity index (χ0v) is 30.6. The van der Waals surface area contributed by atoms with Crippen LogP contribution in [0.25, 0.3) is 0 Å². The van der Waals surface area contributed by atoms with E-state index in [0.717, 1.165) is 6.92 Å². The predicted octanol–water partition coefficient (Wildman–Crippen LogP) is 2.81. The van der Waals surface area contributed by atoms with Crippen molar-refractivity contribution in [2.24, 2.45) is 16.7 Å². The first-order valence-electron chi connectivity index (χ1n) is 17.7. The molecule has 0 amide bonds. The van der Waals surface area contributed by atoms with Crippen molar-refractivity contribution in [3.05, 3.63) is 82.9 Å². The molecule has 4 aliphatic rings. The molecule has 2 saturated carbocycles. The number of fused-ring (bicyclic) bond motifs is 5. The number of hydrogen-bond donors (Lipinski definition) is 3. The summed E-state index contributed by atoms with van der Waals surface area (Å²) in [6, 6.07) is 16.7. The summed E-state index contributed by atoms with van der Waals surface area (Å²) in [6.07, 6.45) is -9.58. The van der Waals surface area contributed by atoms with Gasteiger partial charge in [0, 0.05) is 38.5 Å². The summed E-state index contributed by atoms with van der Waals surface area (Å²) < 4.78 is 29.9. The molecule has 3 aliphatic carbocycles. The summed E-state index contributed by atoms with van der Waals surface area (Å²) >= 11 is 0. The Bertz CT molecular complexity index is 1820. The fraction of sp³-hybridized carbons (Fsp3) is 0.525. The molecule has 2 aromatic rings. The van der Waals surface area contributed by atoms with Gasteiger partial charge in [0.1, 0.15) is 23.9 Å². The number of hydrogen-bond acceptors (Lipinski definition) is 13. The van der Waals surface area contributed by atoms with Gasteiger partial charge in [-0.05, 0) is 42.7 Å². The van der Waals surface area contributed by atoms with Crippen molar-refractivity contribution in [1.82, 2.24) is 0 Å². The zero-order valence-electron chi connectivity index (χ0n) is 30.6. The van der Waals surface area contributed by atoms with Gasteiger partial charge < -0.3 is 39.0 Å². The highest BCUT2D eigenvalue weighted by atomic mass is 16.6. The third-order valence-electron chi connectivity index (χ3n) is 12.0. The van der Waals surface area contributed by atoms with E-state index < -0.39 is 101 Å². The minimum absolute atomic E-state index is 0.0722. The molecule has 6 rings (SSSR count). The number of ether oxygens (including phenoxy) is 5. The van der Waals surface area contributed by atoms with Crippen LogP contribution in [0.2, 0.25) is 0 Å². The van der Waals surface area contributed by atoms with Crippen molar-refractivity contribution in [2.75, 3.05) is 6.61 Å². The smallest absolute Gasteiger partial charge is 0.338 e. The third-order valence-corrected chi connectivity index (χ3v) is 12.0. The minimum atomic E-state index is -2.28. The highest BCUT2D eigenvalue weighted by Gasteiger charge is 2.78. The van der Waals surface area contributed by atoms with Gasteiger partial charge in [-0.25, -0.2) is 9.59 Å². The monoisotopic (exact) mass is 734 g/mol. The fourth-order valence-electron chi connectivity index (χ4n) is 9.16. The van der Waals surface area contributed by atoms with E-state index in [1.54, 1.807) is 69.3 Å². The Morgan fingerprint density at radius 1 is 0.925 bits per heavy atom. The molecule has 13 nitrogen and oxygen atoms in total. The van der Waals surface area contributed by atoms with Crippen LogP contribution in [-0.2, 0) is 49.3 Å². The quantitative estimate of drug-likeness (QED) is 0.204. The third kappa shape index (κ3) is 6.17. The van der Waals surface area contributed by atoms with Gasteiger partial charge in [0.15, 0.2) is 23.6 Å². The van der Waals surface area contributed by atoms with Crippen molar-refractivity contribution in [1.29, 1.82) is 0 Å². The first-order valence-corrected chi connectivity index (χ1v) is 17.7. The molecule has 1 saturated heterocycles. The van der Waals surface area contributed by atoms with Crippen molar-refractivity contribution >= 4 is 29.7 Å². The Morgan fingerprint density at radius 2 is 1.55 bits per heavy atom. The molecular weight excluding hydrogens is 688 g/mol. The first-order chi connectivity index (χ1) is 24.9. The summed E-state index contributed by atoms with van der Waals surface area (Å²) in [7, 11) is 0. The topological polar surface area (TPSA) is 192 Å². The lowest BCUT2D eigenvalue weighted by Crippen LogP contribution is -2.82. The molecule has 0 spiro atoms. The summed E-state index contributed by atoms with van der Waals surface area (Å²) in [5.41, 5.74) is -6.44. The summed E-state index contributed by atoms with van der Waals surface area (Å²) in [5.74, 6) is -5.79. The van der Waals surface area contributed by atoms with Crippen molar-refractivity contribution in [3.63, 3.8) is 0 Å². The van der Waals surface area contributed by atoms with Gasteiger partial charge in [-0.2, -0.15) is 0 Å². The molecule has 284 valence electrons. The number of ketones is 1. The first kappa shape index (κ1) is 38.3.